The van der Waals surface area contributed by atoms with E-state index < -0.39 is 0 Å². The molecule has 0 aliphatic carbocycles. The first-order valence-corrected chi connectivity index (χ1v) is 2.53. The Morgan fingerprint density at radius 1 is 1.11 bits per heavy atom. The van der Waals surface area contributed by atoms with Gasteiger partial charge in [0.05, 0.1) is 0 Å². The minimum Gasteiger partial charge on any atom is -0.360 e. The molecule has 0 fully saturated rings. The van der Waals surface area contributed by atoms with Crippen molar-refractivity contribution >= 4 is 0 Å². The van der Waals surface area contributed by atoms with Crippen molar-refractivity contribution in [1.82, 2.24) is 0 Å². The van der Waals surface area contributed by atoms with Gasteiger partial charge in [0.1, 0.15) is 0 Å². The fourth-order valence-electron chi connectivity index (χ4n) is 0.564. The zero-order valence-electron chi connectivity index (χ0n) is 5.54. The first kappa shape index (κ1) is 10.1. The number of hydrogen-bond acceptors (Lipinski definition) is 1. The summed E-state index contributed by atoms with van der Waals surface area (Å²) in [5, 5.41) is 0. The molecule has 2 heteroatoms. The number of benzene rings is 1. The molecule has 1 rings (SSSR count). The molecule has 0 unspecified atom stereocenters. The molecule has 0 saturated carbocycles. The molecule has 2 N–H and O–H groups in total. The molecule has 1 aromatic carbocycles. The van der Waals surface area contributed by atoms with E-state index in [4.69, 9.17) is 5.73 Å². The van der Waals surface area contributed by atoms with Crippen LogP contribution in [-0.2, 0) is 0 Å². The Balaban J connectivity index is 0.000000640. The summed E-state index contributed by atoms with van der Waals surface area (Å²) < 4.78 is 0. The molecule has 0 spiro atoms. The van der Waals surface area contributed by atoms with Gasteiger partial charge in [0, 0.05) is 0 Å². The summed E-state index contributed by atoms with van der Waals surface area (Å²) in [4.78, 5) is 0. The maximum Gasteiger partial charge on any atom is 1.00 e. The molecule has 1 nitrogen and oxygen atoms in total. The van der Waals surface area contributed by atoms with Gasteiger partial charge in [-0.2, -0.15) is 17.7 Å². The molecule has 9 heavy (non-hydrogen) atoms. The molecule has 0 atom stereocenters. The van der Waals surface area contributed by atoms with Crippen LogP contribution in [0, 0.1) is 6.54 Å². The first-order valence-electron chi connectivity index (χ1n) is 2.53. The second-order valence-corrected chi connectivity index (χ2v) is 1.58. The normalized spacial score (nSPS) is 7.67. The molecule has 0 aliphatic heterocycles. The van der Waals surface area contributed by atoms with Crippen molar-refractivity contribution in [3.8, 4) is 0 Å². The first-order chi connectivity index (χ1) is 3.93. The van der Waals surface area contributed by atoms with Gasteiger partial charge in [0.25, 0.3) is 0 Å². The summed E-state index contributed by atoms with van der Waals surface area (Å²) in [6, 6.07) is 9.80. The van der Waals surface area contributed by atoms with Crippen LogP contribution < -0.4 is 74.6 Å². The third kappa shape index (κ3) is 3.72. The Labute approximate surface area is 114 Å². The molecular weight excluding hydrogens is 231 g/mol. The van der Waals surface area contributed by atoms with E-state index >= 15 is 0 Å². The molecule has 0 saturated heterocycles. The molecule has 0 heterocycles. The van der Waals surface area contributed by atoms with Gasteiger partial charge in [-0.1, -0.05) is 6.07 Å². The molecule has 0 aliphatic rings. The molecule has 0 amide bonds. The van der Waals surface area contributed by atoms with Crippen LogP contribution in [0.4, 0.5) is 0 Å². The van der Waals surface area contributed by atoms with E-state index in [9.17, 15) is 0 Å². The summed E-state index contributed by atoms with van der Waals surface area (Å²) in [6.45, 7) is 1.58. The number of hydrogen-bond donors (Lipinski definition) is 1. The fourth-order valence-corrected chi connectivity index (χ4v) is 0.564. The van der Waals surface area contributed by atoms with E-state index in [1.165, 1.54) is 0 Å². The zero-order chi connectivity index (χ0) is 5.82. The molecular formula is C7H8CsN. The van der Waals surface area contributed by atoms with Crippen molar-refractivity contribution < 1.29 is 68.9 Å². The summed E-state index contributed by atoms with van der Waals surface area (Å²) in [5.74, 6) is 0. The fraction of sp³-hybridized carbons (Fsp3) is 0. The Morgan fingerprint density at radius 2 is 1.67 bits per heavy atom. The number of nitrogens with two attached hydrogens (primary N) is 1. The minimum atomic E-state index is 0. The predicted octanol–water partition coefficient (Wildman–Crippen LogP) is -1.84. The largest absolute Gasteiger partial charge is 1.00 e. The topological polar surface area (TPSA) is 26.0 Å². The SMILES string of the molecule is N[CH-]c1ccccc1.[Cs+]. The van der Waals surface area contributed by atoms with Gasteiger partial charge in [0.15, 0.2) is 0 Å². The summed E-state index contributed by atoms with van der Waals surface area (Å²) >= 11 is 0. The van der Waals surface area contributed by atoms with Crippen molar-refractivity contribution in [3.63, 3.8) is 0 Å². The van der Waals surface area contributed by atoms with Gasteiger partial charge < -0.3 is 5.73 Å². The Kier molecular flexibility index (Phi) is 6.57. The third-order valence-electron chi connectivity index (χ3n) is 0.992. The van der Waals surface area contributed by atoms with E-state index in [1.54, 1.807) is 6.54 Å². The second kappa shape index (κ2) is 5.85. The van der Waals surface area contributed by atoms with E-state index in [0.717, 1.165) is 5.56 Å². The Bertz CT molecular complexity index is 150. The van der Waals surface area contributed by atoms with Gasteiger partial charge >= 0.3 is 68.9 Å². The van der Waals surface area contributed by atoms with Gasteiger partial charge in [-0.3, -0.25) is 0 Å². The van der Waals surface area contributed by atoms with Crippen LogP contribution in [0.5, 0.6) is 0 Å². The quantitative estimate of drug-likeness (QED) is 0.572. The van der Waals surface area contributed by atoms with Crippen molar-refractivity contribution in [3.05, 3.63) is 42.4 Å². The van der Waals surface area contributed by atoms with Gasteiger partial charge in [-0.05, 0) is 0 Å². The van der Waals surface area contributed by atoms with Crippen LogP contribution in [0.25, 0.3) is 0 Å². The zero-order valence-corrected chi connectivity index (χ0v) is 11.8. The minimum absolute atomic E-state index is 0. The summed E-state index contributed by atoms with van der Waals surface area (Å²) in [5.41, 5.74) is 6.29. The van der Waals surface area contributed by atoms with Gasteiger partial charge in [0.2, 0.25) is 0 Å². The Morgan fingerprint density at radius 3 is 2.00 bits per heavy atom. The monoisotopic (exact) mass is 239 g/mol. The van der Waals surface area contributed by atoms with Crippen LogP contribution in [0.3, 0.4) is 0 Å². The van der Waals surface area contributed by atoms with E-state index in [-0.39, 0.29) is 68.9 Å². The molecule has 0 bridgehead atoms. The smallest absolute Gasteiger partial charge is 0.360 e. The maximum absolute atomic E-state index is 5.22. The van der Waals surface area contributed by atoms with Crippen molar-refractivity contribution in [2.24, 2.45) is 5.73 Å². The van der Waals surface area contributed by atoms with Crippen molar-refractivity contribution in [2.75, 3.05) is 0 Å². The van der Waals surface area contributed by atoms with E-state index in [2.05, 4.69) is 0 Å². The number of rotatable bonds is 1. The standard InChI is InChI=1S/C7H8N.Cs/c8-6-7-4-2-1-3-5-7;/h1-6H,8H2;/q-1;+1. The van der Waals surface area contributed by atoms with E-state index in [1.807, 2.05) is 30.3 Å². The van der Waals surface area contributed by atoms with Crippen LogP contribution in [0.2, 0.25) is 0 Å². The van der Waals surface area contributed by atoms with E-state index in [0.29, 0.717) is 0 Å². The predicted molar refractivity (Wildman–Crippen MR) is 34.0 cm³/mol. The van der Waals surface area contributed by atoms with Crippen molar-refractivity contribution in [1.29, 1.82) is 0 Å². The van der Waals surface area contributed by atoms with Crippen LogP contribution in [0.1, 0.15) is 5.56 Å². The van der Waals surface area contributed by atoms with Crippen molar-refractivity contribution in [2.45, 2.75) is 0 Å². The summed E-state index contributed by atoms with van der Waals surface area (Å²) in [7, 11) is 0. The third-order valence-corrected chi connectivity index (χ3v) is 0.992. The maximum atomic E-state index is 5.22. The van der Waals surface area contributed by atoms with Crippen LogP contribution in [0.15, 0.2) is 30.3 Å². The molecule has 0 aromatic heterocycles. The Hall–Kier alpha value is 1.10. The molecule has 42 valence electrons. The van der Waals surface area contributed by atoms with Gasteiger partial charge in [-0.15, -0.1) is 18.7 Å². The second-order valence-electron chi connectivity index (χ2n) is 1.58. The van der Waals surface area contributed by atoms with Crippen LogP contribution >= 0.6 is 0 Å². The van der Waals surface area contributed by atoms with Crippen LogP contribution in [-0.4, -0.2) is 0 Å². The average molecular weight is 239 g/mol. The molecule has 0 radical (unpaired) electrons. The molecule has 1 aromatic rings. The average Bonchev–Trinajstić information content (AvgIpc) is 1.90. The summed E-state index contributed by atoms with van der Waals surface area (Å²) in [6.07, 6.45) is 0. The van der Waals surface area contributed by atoms with Gasteiger partial charge in [-0.25, -0.2) is 0 Å².